The lowest BCUT2D eigenvalue weighted by molar-refractivity contribution is 0.385. The minimum absolute atomic E-state index is 0.342. The minimum atomic E-state index is -0.459. The number of nitrogens with one attached hydrogen (secondary N) is 2. The van der Waals surface area contributed by atoms with Gasteiger partial charge < -0.3 is 10.2 Å². The van der Waals surface area contributed by atoms with Crippen LogP contribution in [-0.2, 0) is 6.42 Å². The molecule has 4 heterocycles. The number of fused-ring (bicyclic) bond motifs is 3. The fourth-order valence-corrected chi connectivity index (χ4v) is 4.28. The summed E-state index contributed by atoms with van der Waals surface area (Å²) in [5.74, 6) is 0.951. The summed E-state index contributed by atoms with van der Waals surface area (Å²) in [6.45, 7) is 0.960. The normalized spacial score (nSPS) is 16.8. The van der Waals surface area contributed by atoms with Crippen LogP contribution in [-0.4, -0.2) is 37.7 Å². The first kappa shape index (κ1) is 14.8. The van der Waals surface area contributed by atoms with Gasteiger partial charge in [0.2, 0.25) is 5.95 Å². The van der Waals surface area contributed by atoms with Crippen molar-refractivity contribution in [2.45, 2.75) is 31.7 Å². The van der Waals surface area contributed by atoms with Crippen molar-refractivity contribution in [1.29, 1.82) is 0 Å². The van der Waals surface area contributed by atoms with E-state index in [-0.39, 0.29) is 0 Å². The van der Waals surface area contributed by atoms with E-state index in [1.165, 1.54) is 24.1 Å². The average Bonchev–Trinajstić information content (AvgIpc) is 3.16. The molecule has 0 spiro atoms. The van der Waals surface area contributed by atoms with Gasteiger partial charge in [0.05, 0.1) is 29.8 Å². The molecule has 0 amide bonds. The Morgan fingerprint density at radius 3 is 2.84 bits per heavy atom. The molecule has 0 radical (unpaired) electrons. The van der Waals surface area contributed by atoms with E-state index in [1.54, 1.807) is 11.3 Å². The van der Waals surface area contributed by atoms with Gasteiger partial charge in [-0.2, -0.15) is 5.10 Å². The summed E-state index contributed by atoms with van der Waals surface area (Å²) in [5, 5.41) is 11.2. The number of hydrogen-bond donors (Lipinski definition) is 2. The number of halogens is 1. The zero-order chi connectivity index (χ0) is 16.8. The average molecular weight is 357 g/mol. The molecule has 0 saturated heterocycles. The number of aromatic nitrogens is 5. The molecule has 7 nitrogen and oxygen atoms in total. The van der Waals surface area contributed by atoms with E-state index in [9.17, 15) is 4.39 Å². The van der Waals surface area contributed by atoms with Crippen LogP contribution in [0.4, 0.5) is 21.3 Å². The number of aromatic amines is 1. The molecule has 3 aromatic heterocycles. The Kier molecular flexibility index (Phi) is 3.40. The second kappa shape index (κ2) is 5.76. The maximum atomic E-state index is 12.9. The van der Waals surface area contributed by atoms with Crippen molar-refractivity contribution in [3.8, 4) is 11.3 Å². The second-order valence-electron chi connectivity index (χ2n) is 6.30. The maximum absolute atomic E-state index is 12.9. The van der Waals surface area contributed by atoms with Crippen LogP contribution in [0.2, 0.25) is 0 Å². The SMILES string of the molecule is Fc1cnc(Nc2nc3c(s2)CCN(C2CCC2)c2[nH]ncc2-3)nc1. The molecule has 9 heteroatoms. The summed E-state index contributed by atoms with van der Waals surface area (Å²) in [6, 6.07) is 0.610. The van der Waals surface area contributed by atoms with Gasteiger partial charge in [-0.15, -0.1) is 11.3 Å². The number of anilines is 3. The van der Waals surface area contributed by atoms with Gasteiger partial charge in [-0.25, -0.2) is 19.3 Å². The molecule has 2 N–H and O–H groups in total. The lowest BCUT2D eigenvalue weighted by atomic mass is 9.91. The standard InChI is InChI=1S/C16H16FN7S/c17-9-6-18-15(19-7-9)22-16-21-13-11-8-20-23-14(11)24(10-2-1-3-10)5-4-12(13)25-16/h6-8,10H,1-5H2,(H,20,23)(H,18,19,21,22). The first-order chi connectivity index (χ1) is 12.3. The fraction of sp³-hybridized carbons (Fsp3) is 0.375. The van der Waals surface area contributed by atoms with Crippen molar-refractivity contribution in [2.75, 3.05) is 16.8 Å². The lowest BCUT2D eigenvalue weighted by Crippen LogP contribution is -2.41. The molecule has 0 bridgehead atoms. The van der Waals surface area contributed by atoms with Crippen molar-refractivity contribution in [3.05, 3.63) is 29.3 Å². The summed E-state index contributed by atoms with van der Waals surface area (Å²) >= 11 is 1.59. The molecule has 2 aliphatic rings. The Bertz CT molecular complexity index is 900. The summed E-state index contributed by atoms with van der Waals surface area (Å²) in [4.78, 5) is 16.2. The van der Waals surface area contributed by atoms with Crippen LogP contribution in [0.25, 0.3) is 11.3 Å². The van der Waals surface area contributed by atoms with E-state index >= 15 is 0 Å². The quantitative estimate of drug-likeness (QED) is 0.749. The molecule has 1 saturated carbocycles. The van der Waals surface area contributed by atoms with E-state index in [1.807, 2.05) is 6.20 Å². The van der Waals surface area contributed by atoms with Crippen LogP contribution in [0.1, 0.15) is 24.1 Å². The zero-order valence-electron chi connectivity index (χ0n) is 13.4. The van der Waals surface area contributed by atoms with Gasteiger partial charge in [0, 0.05) is 23.9 Å². The van der Waals surface area contributed by atoms with Crippen LogP contribution >= 0.6 is 11.3 Å². The third-order valence-electron chi connectivity index (χ3n) is 4.79. The van der Waals surface area contributed by atoms with Gasteiger partial charge in [-0.1, -0.05) is 0 Å². The smallest absolute Gasteiger partial charge is 0.229 e. The van der Waals surface area contributed by atoms with Crippen molar-refractivity contribution < 1.29 is 4.39 Å². The van der Waals surface area contributed by atoms with Crippen molar-refractivity contribution in [1.82, 2.24) is 25.1 Å². The zero-order valence-corrected chi connectivity index (χ0v) is 14.2. The highest BCUT2D eigenvalue weighted by molar-refractivity contribution is 7.16. The van der Waals surface area contributed by atoms with Gasteiger partial charge in [0.15, 0.2) is 10.9 Å². The topological polar surface area (TPSA) is 82.6 Å². The molecule has 0 aromatic carbocycles. The molecular formula is C16H16FN7S. The van der Waals surface area contributed by atoms with Crippen LogP contribution in [0.5, 0.6) is 0 Å². The number of rotatable bonds is 3. The Morgan fingerprint density at radius 1 is 1.24 bits per heavy atom. The summed E-state index contributed by atoms with van der Waals surface area (Å²) in [7, 11) is 0. The van der Waals surface area contributed by atoms with Crippen molar-refractivity contribution in [3.63, 3.8) is 0 Å². The number of nitrogens with zero attached hydrogens (tertiary/aromatic N) is 5. The van der Waals surface area contributed by atoms with E-state index in [0.717, 1.165) is 42.4 Å². The molecule has 0 unspecified atom stereocenters. The van der Waals surface area contributed by atoms with E-state index in [2.05, 4.69) is 30.4 Å². The molecule has 1 aliphatic carbocycles. The highest BCUT2D eigenvalue weighted by Gasteiger charge is 2.32. The molecule has 128 valence electrons. The highest BCUT2D eigenvalue weighted by Crippen LogP contribution is 2.41. The Labute approximate surface area is 147 Å². The van der Waals surface area contributed by atoms with Gasteiger partial charge >= 0.3 is 0 Å². The number of H-pyrrole nitrogens is 1. The van der Waals surface area contributed by atoms with Gasteiger partial charge in [0.25, 0.3) is 0 Å². The molecule has 5 rings (SSSR count). The monoisotopic (exact) mass is 357 g/mol. The predicted octanol–water partition coefficient (Wildman–Crippen LogP) is 3.12. The second-order valence-corrected chi connectivity index (χ2v) is 7.38. The van der Waals surface area contributed by atoms with Gasteiger partial charge in [0.1, 0.15) is 5.82 Å². The molecule has 25 heavy (non-hydrogen) atoms. The maximum Gasteiger partial charge on any atom is 0.229 e. The molecule has 1 aliphatic heterocycles. The highest BCUT2D eigenvalue weighted by atomic mass is 32.1. The summed E-state index contributed by atoms with van der Waals surface area (Å²) < 4.78 is 12.9. The molecular weight excluding hydrogens is 341 g/mol. The first-order valence-electron chi connectivity index (χ1n) is 8.32. The predicted molar refractivity (Wildman–Crippen MR) is 93.7 cm³/mol. The van der Waals surface area contributed by atoms with Gasteiger partial charge in [-0.05, 0) is 19.3 Å². The van der Waals surface area contributed by atoms with E-state index < -0.39 is 5.82 Å². The van der Waals surface area contributed by atoms with Crippen LogP contribution in [0.3, 0.4) is 0 Å². The third kappa shape index (κ3) is 2.55. The number of hydrogen-bond acceptors (Lipinski definition) is 7. The fourth-order valence-electron chi connectivity index (χ4n) is 3.33. The molecule has 3 aromatic rings. The van der Waals surface area contributed by atoms with Crippen molar-refractivity contribution >= 4 is 28.2 Å². The third-order valence-corrected chi connectivity index (χ3v) is 5.82. The molecule has 0 atom stereocenters. The largest absolute Gasteiger partial charge is 0.353 e. The van der Waals surface area contributed by atoms with Crippen molar-refractivity contribution in [2.24, 2.45) is 0 Å². The van der Waals surface area contributed by atoms with Crippen LogP contribution in [0, 0.1) is 5.82 Å². The minimum Gasteiger partial charge on any atom is -0.353 e. The summed E-state index contributed by atoms with van der Waals surface area (Å²) in [5.41, 5.74) is 2.00. The first-order valence-corrected chi connectivity index (χ1v) is 9.14. The summed E-state index contributed by atoms with van der Waals surface area (Å²) in [6.07, 6.45) is 8.86. The van der Waals surface area contributed by atoms with Crippen LogP contribution < -0.4 is 10.2 Å². The number of thiazole rings is 1. The lowest BCUT2D eigenvalue weighted by Gasteiger charge is -2.38. The Morgan fingerprint density at radius 2 is 2.08 bits per heavy atom. The Hall–Kier alpha value is -2.55. The van der Waals surface area contributed by atoms with Gasteiger partial charge in [-0.3, -0.25) is 5.10 Å². The van der Waals surface area contributed by atoms with Crippen LogP contribution in [0.15, 0.2) is 18.6 Å². The molecule has 1 fully saturated rings. The van der Waals surface area contributed by atoms with E-state index in [0.29, 0.717) is 17.1 Å². The Balaban J connectivity index is 1.47. The van der Waals surface area contributed by atoms with E-state index in [4.69, 9.17) is 4.98 Å².